The number of fused-ring (bicyclic) bond motifs is 1. The number of carbonyl (C=O) groups is 1. The zero-order valence-electron chi connectivity index (χ0n) is 11.0. The van der Waals surface area contributed by atoms with Crippen molar-refractivity contribution in [3.63, 3.8) is 0 Å². The van der Waals surface area contributed by atoms with Gasteiger partial charge in [-0.2, -0.15) is 0 Å². The van der Waals surface area contributed by atoms with Crippen molar-refractivity contribution in [1.82, 2.24) is 10.2 Å². The van der Waals surface area contributed by atoms with Crippen molar-refractivity contribution in [3.8, 4) is 11.5 Å². The summed E-state index contributed by atoms with van der Waals surface area (Å²) in [6.45, 7) is 4.50. The average Bonchev–Trinajstić information content (AvgIpc) is 2.87. The summed E-state index contributed by atoms with van der Waals surface area (Å²) in [5.74, 6) is 1.04. The van der Waals surface area contributed by atoms with E-state index in [0.29, 0.717) is 28.6 Å². The second-order valence-corrected chi connectivity index (χ2v) is 5.15. The normalized spacial score (nSPS) is 20.5. The van der Waals surface area contributed by atoms with Crippen LogP contribution in [0.3, 0.4) is 0 Å². The van der Waals surface area contributed by atoms with E-state index >= 15 is 0 Å². The number of hydrogen-bond donors (Lipinski definition) is 1. The maximum Gasteiger partial charge on any atom is 0.254 e. The van der Waals surface area contributed by atoms with E-state index < -0.39 is 0 Å². The maximum absolute atomic E-state index is 12.5. The van der Waals surface area contributed by atoms with E-state index in [-0.39, 0.29) is 31.1 Å². The van der Waals surface area contributed by atoms with E-state index in [4.69, 9.17) is 21.1 Å². The first-order valence-corrected chi connectivity index (χ1v) is 6.65. The number of carbonyl (C=O) groups excluding carboxylic acids is 1. The fourth-order valence-electron chi connectivity index (χ4n) is 2.40. The van der Waals surface area contributed by atoms with E-state index in [1.54, 1.807) is 12.1 Å². The lowest BCUT2D eigenvalue weighted by Gasteiger charge is -2.34. The Morgan fingerprint density at radius 3 is 3.00 bits per heavy atom. The zero-order chi connectivity index (χ0) is 13.4. The highest BCUT2D eigenvalue weighted by atomic mass is 35.5. The van der Waals surface area contributed by atoms with E-state index in [2.05, 4.69) is 5.32 Å². The molecule has 0 bridgehead atoms. The Balaban J connectivity index is 0.00000147. The lowest BCUT2D eigenvalue weighted by atomic mass is 10.1. The van der Waals surface area contributed by atoms with E-state index in [1.165, 1.54) is 0 Å². The summed E-state index contributed by atoms with van der Waals surface area (Å²) in [5, 5.41) is 3.68. The van der Waals surface area contributed by atoms with Crippen LogP contribution < -0.4 is 14.8 Å². The molecule has 0 aromatic heterocycles. The Morgan fingerprint density at radius 2 is 2.25 bits per heavy atom. The molecule has 1 saturated heterocycles. The minimum atomic E-state index is -0.0193. The summed E-state index contributed by atoms with van der Waals surface area (Å²) in [6, 6.07) is 3.52. The van der Waals surface area contributed by atoms with Gasteiger partial charge in [0.05, 0.1) is 5.02 Å². The molecule has 1 amide bonds. The van der Waals surface area contributed by atoms with Gasteiger partial charge in [-0.3, -0.25) is 4.79 Å². The van der Waals surface area contributed by atoms with Gasteiger partial charge >= 0.3 is 0 Å². The largest absolute Gasteiger partial charge is 0.454 e. The van der Waals surface area contributed by atoms with Crippen molar-refractivity contribution >= 4 is 29.9 Å². The fraction of sp³-hybridized carbons (Fsp3) is 0.462. The highest BCUT2D eigenvalue weighted by Crippen LogP contribution is 2.40. The number of rotatable bonds is 1. The highest BCUT2D eigenvalue weighted by molar-refractivity contribution is 6.32. The molecule has 1 aromatic rings. The Bertz CT molecular complexity index is 525. The SMILES string of the molecule is CC1CNCCN1C(=O)c1cc(Cl)c2c(c1)OCO2.Cl. The molecular formula is C13H16Cl2N2O3. The van der Waals surface area contributed by atoms with Gasteiger partial charge in [-0.1, -0.05) is 11.6 Å². The number of piperazine rings is 1. The minimum Gasteiger partial charge on any atom is -0.454 e. The summed E-state index contributed by atoms with van der Waals surface area (Å²) in [4.78, 5) is 14.4. The molecule has 5 nitrogen and oxygen atoms in total. The Hall–Kier alpha value is -1.17. The van der Waals surface area contributed by atoms with Gasteiger partial charge in [-0.15, -0.1) is 12.4 Å². The fourth-order valence-corrected chi connectivity index (χ4v) is 2.66. The topological polar surface area (TPSA) is 50.8 Å². The van der Waals surface area contributed by atoms with Crippen molar-refractivity contribution in [2.45, 2.75) is 13.0 Å². The molecule has 1 unspecified atom stereocenters. The van der Waals surface area contributed by atoms with Crippen molar-refractivity contribution in [2.24, 2.45) is 0 Å². The van der Waals surface area contributed by atoms with Gasteiger partial charge in [-0.25, -0.2) is 0 Å². The van der Waals surface area contributed by atoms with Gasteiger partial charge in [0, 0.05) is 31.2 Å². The van der Waals surface area contributed by atoms with Crippen LogP contribution in [0.2, 0.25) is 5.02 Å². The second-order valence-electron chi connectivity index (χ2n) is 4.74. The molecule has 1 N–H and O–H groups in total. The predicted molar refractivity (Wildman–Crippen MR) is 78.2 cm³/mol. The Morgan fingerprint density at radius 1 is 1.45 bits per heavy atom. The van der Waals surface area contributed by atoms with E-state index in [0.717, 1.165) is 13.1 Å². The first kappa shape index (κ1) is 15.2. The van der Waals surface area contributed by atoms with Crippen molar-refractivity contribution < 1.29 is 14.3 Å². The monoisotopic (exact) mass is 318 g/mol. The molecule has 0 radical (unpaired) electrons. The van der Waals surface area contributed by atoms with Crippen molar-refractivity contribution in [1.29, 1.82) is 0 Å². The first-order valence-electron chi connectivity index (χ1n) is 6.27. The van der Waals surface area contributed by atoms with Crippen molar-refractivity contribution in [2.75, 3.05) is 26.4 Å². The summed E-state index contributed by atoms with van der Waals surface area (Å²) >= 11 is 6.11. The lowest BCUT2D eigenvalue weighted by Crippen LogP contribution is -2.52. The van der Waals surface area contributed by atoms with Gasteiger partial charge in [0.1, 0.15) is 0 Å². The number of benzene rings is 1. The molecule has 7 heteroatoms. The molecule has 1 atom stereocenters. The third-order valence-corrected chi connectivity index (χ3v) is 3.72. The molecule has 3 rings (SSSR count). The second kappa shape index (κ2) is 6.08. The molecule has 0 aliphatic carbocycles. The molecule has 20 heavy (non-hydrogen) atoms. The van der Waals surface area contributed by atoms with Crippen LogP contribution >= 0.6 is 24.0 Å². The third kappa shape index (κ3) is 2.66. The highest BCUT2D eigenvalue weighted by Gasteiger charge is 2.27. The van der Waals surface area contributed by atoms with Crippen LogP contribution in [-0.4, -0.2) is 43.3 Å². The Kier molecular flexibility index (Phi) is 4.62. The van der Waals surface area contributed by atoms with Gasteiger partial charge in [0.15, 0.2) is 11.5 Å². The van der Waals surface area contributed by atoms with Crippen molar-refractivity contribution in [3.05, 3.63) is 22.7 Å². The number of nitrogens with zero attached hydrogens (tertiary/aromatic N) is 1. The van der Waals surface area contributed by atoms with E-state index in [9.17, 15) is 4.79 Å². The maximum atomic E-state index is 12.5. The lowest BCUT2D eigenvalue weighted by molar-refractivity contribution is 0.0655. The number of hydrogen-bond acceptors (Lipinski definition) is 4. The summed E-state index contributed by atoms with van der Waals surface area (Å²) < 4.78 is 10.5. The van der Waals surface area contributed by atoms with Crippen LogP contribution in [0.4, 0.5) is 0 Å². The Labute approximate surface area is 128 Å². The van der Waals surface area contributed by atoms with Crippen LogP contribution in [0.15, 0.2) is 12.1 Å². The summed E-state index contributed by atoms with van der Waals surface area (Å²) in [7, 11) is 0. The van der Waals surface area contributed by atoms with Crippen LogP contribution in [-0.2, 0) is 0 Å². The number of amides is 1. The molecule has 2 heterocycles. The number of halogens is 2. The smallest absolute Gasteiger partial charge is 0.254 e. The number of ether oxygens (including phenoxy) is 2. The van der Waals surface area contributed by atoms with E-state index in [1.807, 2.05) is 11.8 Å². The van der Waals surface area contributed by atoms with Crippen LogP contribution in [0, 0.1) is 0 Å². The van der Waals surface area contributed by atoms with Crippen LogP contribution in [0.1, 0.15) is 17.3 Å². The molecular weight excluding hydrogens is 303 g/mol. The minimum absolute atomic E-state index is 0. The van der Waals surface area contributed by atoms with Gasteiger partial charge in [0.2, 0.25) is 6.79 Å². The number of nitrogens with one attached hydrogen (secondary N) is 1. The quantitative estimate of drug-likeness (QED) is 0.859. The summed E-state index contributed by atoms with van der Waals surface area (Å²) in [6.07, 6.45) is 0. The first-order chi connectivity index (χ1) is 9.16. The molecule has 2 aliphatic rings. The molecule has 1 aromatic carbocycles. The third-order valence-electron chi connectivity index (χ3n) is 3.44. The standard InChI is InChI=1S/C13H15ClN2O3.ClH/c1-8-6-15-2-3-16(8)13(17)9-4-10(14)12-11(5-9)18-7-19-12;/h4-5,8,15H,2-3,6-7H2,1H3;1H. The van der Waals surface area contributed by atoms with Gasteiger partial charge in [0.25, 0.3) is 5.91 Å². The predicted octanol–water partition coefficient (Wildman–Crippen LogP) is 1.92. The van der Waals surface area contributed by atoms with Gasteiger partial charge < -0.3 is 19.7 Å². The zero-order valence-corrected chi connectivity index (χ0v) is 12.6. The summed E-state index contributed by atoms with van der Waals surface area (Å²) in [5.41, 5.74) is 0.544. The molecule has 1 fully saturated rings. The molecule has 110 valence electrons. The molecule has 0 spiro atoms. The average molecular weight is 319 g/mol. The molecule has 2 aliphatic heterocycles. The van der Waals surface area contributed by atoms with Crippen LogP contribution in [0.25, 0.3) is 0 Å². The van der Waals surface area contributed by atoms with Crippen LogP contribution in [0.5, 0.6) is 11.5 Å². The van der Waals surface area contributed by atoms with Gasteiger partial charge in [-0.05, 0) is 19.1 Å². The molecule has 0 saturated carbocycles.